The first-order chi connectivity index (χ1) is 15.1. The van der Waals surface area contributed by atoms with E-state index in [4.69, 9.17) is 30.7 Å². The van der Waals surface area contributed by atoms with Gasteiger partial charge < -0.3 is 14.6 Å². The zero-order chi connectivity index (χ0) is 23.1. The summed E-state index contributed by atoms with van der Waals surface area (Å²) >= 11 is 5.17. The summed E-state index contributed by atoms with van der Waals surface area (Å²) in [5.74, 6) is -0.534. The van der Waals surface area contributed by atoms with E-state index in [9.17, 15) is 19.3 Å². The average Bonchev–Trinajstić information content (AvgIpc) is 2.98. The topological polar surface area (TPSA) is 141 Å². The minimum absolute atomic E-state index is 0.0581. The van der Waals surface area contributed by atoms with Crippen LogP contribution in [0, 0.1) is 4.77 Å². The van der Waals surface area contributed by atoms with Gasteiger partial charge in [-0.25, -0.2) is 9.65 Å². The molecule has 1 saturated carbocycles. The Hall–Kier alpha value is -1.40. The Kier molecular flexibility index (Phi) is 6.75. The van der Waals surface area contributed by atoms with Gasteiger partial charge in [-0.1, -0.05) is 6.42 Å². The highest BCUT2D eigenvalue weighted by Gasteiger charge is 2.59. The molecule has 2 aliphatic heterocycles. The van der Waals surface area contributed by atoms with Gasteiger partial charge in [0.15, 0.2) is 11.0 Å². The van der Waals surface area contributed by atoms with Gasteiger partial charge in [0.25, 0.3) is 5.56 Å². The number of H-pyrrole nitrogens is 1. The van der Waals surface area contributed by atoms with Crippen LogP contribution in [-0.4, -0.2) is 57.2 Å². The summed E-state index contributed by atoms with van der Waals surface area (Å²) in [6, 6.07) is 0.316. The van der Waals surface area contributed by atoms with Crippen molar-refractivity contribution >= 4 is 25.9 Å². The van der Waals surface area contributed by atoms with Crippen molar-refractivity contribution in [3.05, 3.63) is 27.4 Å². The number of nitrogens with zero attached hydrogens (tertiary/aromatic N) is 1. The number of nitrogens with one attached hydrogen (secondary N) is 2. The van der Waals surface area contributed by atoms with Crippen LogP contribution in [0.15, 0.2) is 17.1 Å². The third-order valence-electron chi connectivity index (χ3n) is 6.02. The van der Waals surface area contributed by atoms with Crippen molar-refractivity contribution in [2.24, 2.45) is 0 Å². The molecule has 1 aromatic heterocycles. The van der Waals surface area contributed by atoms with Gasteiger partial charge in [0, 0.05) is 12.3 Å². The highest BCUT2D eigenvalue weighted by atomic mass is 32.1. The van der Waals surface area contributed by atoms with E-state index < -0.39 is 43.8 Å². The standard InChI is InChI=1S/C19H28N3O8PS/c1-11(16(24)28-12-6-4-3-5-7-12)21-31(26)27-10-13-15(30-31)19(2,25)17(29-13)22-9-8-14(23)20-18(22)32/h8-9,11-13,15,17,25H,3-7,10H2,1-2H3,(H,21,26)(H,20,23,32). The van der Waals surface area contributed by atoms with Crippen molar-refractivity contribution in [3.63, 3.8) is 0 Å². The minimum atomic E-state index is -3.95. The van der Waals surface area contributed by atoms with Gasteiger partial charge >= 0.3 is 13.7 Å². The smallest absolute Gasteiger partial charge is 0.406 e. The zero-order valence-electron chi connectivity index (χ0n) is 17.9. The number of carbonyl (C=O) groups is 1. The molecule has 2 saturated heterocycles. The Bertz CT molecular complexity index is 1020. The molecular formula is C19H28N3O8PS. The van der Waals surface area contributed by atoms with Gasteiger partial charge in [-0.05, 0) is 51.7 Å². The molecule has 3 fully saturated rings. The van der Waals surface area contributed by atoms with Crippen molar-refractivity contribution in [3.8, 4) is 0 Å². The average molecular weight is 489 g/mol. The van der Waals surface area contributed by atoms with Gasteiger partial charge in [0.1, 0.15) is 30.0 Å². The third-order valence-corrected chi connectivity index (χ3v) is 8.03. The fourth-order valence-corrected chi connectivity index (χ4v) is 6.33. The fourth-order valence-electron chi connectivity index (χ4n) is 4.31. The minimum Gasteiger partial charge on any atom is -0.461 e. The maximum atomic E-state index is 13.2. The highest BCUT2D eigenvalue weighted by Crippen LogP contribution is 2.55. The number of carbonyl (C=O) groups excluding carboxylic acids is 1. The quantitative estimate of drug-likeness (QED) is 0.319. The molecule has 13 heteroatoms. The zero-order valence-corrected chi connectivity index (χ0v) is 19.6. The van der Waals surface area contributed by atoms with E-state index in [1.54, 1.807) is 0 Å². The van der Waals surface area contributed by atoms with Gasteiger partial charge in [0.2, 0.25) is 0 Å². The molecule has 3 aliphatic rings. The van der Waals surface area contributed by atoms with Crippen LogP contribution in [0.25, 0.3) is 0 Å². The molecule has 6 unspecified atom stereocenters. The first kappa shape index (κ1) is 23.7. The molecule has 11 nitrogen and oxygen atoms in total. The van der Waals surface area contributed by atoms with Gasteiger partial charge in [-0.15, -0.1) is 0 Å². The fraction of sp³-hybridized carbons (Fsp3) is 0.737. The lowest BCUT2D eigenvalue weighted by atomic mass is 9.96. The van der Waals surface area contributed by atoms with E-state index in [0.29, 0.717) is 0 Å². The van der Waals surface area contributed by atoms with Crippen LogP contribution in [0.4, 0.5) is 0 Å². The molecule has 0 spiro atoms. The molecule has 32 heavy (non-hydrogen) atoms. The molecule has 0 amide bonds. The monoisotopic (exact) mass is 489 g/mol. The molecule has 0 bridgehead atoms. The second-order valence-electron chi connectivity index (χ2n) is 8.64. The van der Waals surface area contributed by atoms with E-state index in [-0.39, 0.29) is 23.0 Å². The highest BCUT2D eigenvalue weighted by molar-refractivity contribution is 7.71. The Morgan fingerprint density at radius 1 is 1.44 bits per heavy atom. The molecule has 178 valence electrons. The van der Waals surface area contributed by atoms with E-state index in [2.05, 4.69) is 10.1 Å². The van der Waals surface area contributed by atoms with Crippen LogP contribution in [-0.2, 0) is 27.9 Å². The van der Waals surface area contributed by atoms with E-state index in [1.807, 2.05) is 0 Å². The lowest BCUT2D eigenvalue weighted by molar-refractivity contribution is -0.152. The molecular weight excluding hydrogens is 461 g/mol. The number of aromatic nitrogens is 2. The number of aliphatic hydroxyl groups is 1. The van der Waals surface area contributed by atoms with Crippen LogP contribution >= 0.6 is 20.0 Å². The summed E-state index contributed by atoms with van der Waals surface area (Å²) in [6.07, 6.45) is 3.30. The van der Waals surface area contributed by atoms with Crippen LogP contribution in [0.3, 0.4) is 0 Å². The van der Waals surface area contributed by atoms with Gasteiger partial charge in [-0.2, -0.15) is 0 Å². The predicted octanol–water partition coefficient (Wildman–Crippen LogP) is 1.93. The lowest BCUT2D eigenvalue weighted by Crippen LogP contribution is -2.49. The molecule has 3 N–H and O–H groups in total. The first-order valence-corrected chi connectivity index (χ1v) is 12.6. The molecule has 4 rings (SSSR count). The van der Waals surface area contributed by atoms with Crippen molar-refractivity contribution < 1.29 is 33.0 Å². The third kappa shape index (κ3) is 4.77. The number of aromatic amines is 1. The summed E-state index contributed by atoms with van der Waals surface area (Å²) in [6.45, 7) is 2.85. The maximum absolute atomic E-state index is 13.2. The largest absolute Gasteiger partial charge is 0.461 e. The van der Waals surface area contributed by atoms with E-state index in [0.717, 1.165) is 32.1 Å². The van der Waals surface area contributed by atoms with Crippen molar-refractivity contribution in [1.82, 2.24) is 14.6 Å². The summed E-state index contributed by atoms with van der Waals surface area (Å²) < 4.78 is 37.1. The van der Waals surface area contributed by atoms with Gasteiger partial charge in [0.05, 0.1) is 6.61 Å². The SMILES string of the molecule is CC(NP1(=O)OCC2OC(n3ccc(=O)[nH]c3=S)C(C)(O)C2O1)C(=O)OC1CCCCC1. The number of ether oxygens (including phenoxy) is 2. The summed E-state index contributed by atoms with van der Waals surface area (Å²) in [4.78, 5) is 26.4. The van der Waals surface area contributed by atoms with Gasteiger partial charge in [-0.3, -0.25) is 28.2 Å². The number of fused-ring (bicyclic) bond motifs is 1. The Morgan fingerprint density at radius 3 is 2.84 bits per heavy atom. The molecule has 0 radical (unpaired) electrons. The summed E-state index contributed by atoms with van der Waals surface area (Å²) in [7, 11) is -3.95. The number of rotatable bonds is 5. The predicted molar refractivity (Wildman–Crippen MR) is 114 cm³/mol. The Balaban J connectivity index is 1.44. The Morgan fingerprint density at radius 2 is 2.16 bits per heavy atom. The van der Waals surface area contributed by atoms with E-state index in [1.165, 1.54) is 30.7 Å². The molecule has 3 heterocycles. The summed E-state index contributed by atoms with van der Waals surface area (Å²) in [5, 5.41) is 13.8. The Labute approximate surface area is 190 Å². The number of hydrogen-bond acceptors (Lipinski definition) is 9. The van der Waals surface area contributed by atoms with Crippen molar-refractivity contribution in [1.29, 1.82) is 0 Å². The second kappa shape index (κ2) is 9.09. The number of esters is 1. The number of hydrogen-bond donors (Lipinski definition) is 3. The maximum Gasteiger partial charge on any atom is 0.406 e. The molecule has 1 aliphatic carbocycles. The molecule has 1 aromatic rings. The van der Waals surface area contributed by atoms with Crippen LogP contribution in [0.2, 0.25) is 0 Å². The van der Waals surface area contributed by atoms with Crippen LogP contribution in [0.1, 0.15) is 52.2 Å². The second-order valence-corrected chi connectivity index (χ2v) is 10.7. The summed E-state index contributed by atoms with van der Waals surface area (Å²) in [5.41, 5.74) is -2.04. The van der Waals surface area contributed by atoms with Crippen molar-refractivity contribution in [2.45, 2.75) is 82.1 Å². The van der Waals surface area contributed by atoms with E-state index >= 15 is 0 Å². The van der Waals surface area contributed by atoms with Crippen LogP contribution in [0.5, 0.6) is 0 Å². The van der Waals surface area contributed by atoms with Crippen molar-refractivity contribution in [2.75, 3.05) is 6.61 Å². The normalized spacial score (nSPS) is 36.4. The lowest BCUT2D eigenvalue weighted by Gasteiger charge is -2.36. The first-order valence-electron chi connectivity index (χ1n) is 10.7. The molecule has 6 atom stereocenters. The van der Waals surface area contributed by atoms with Crippen LogP contribution < -0.4 is 10.6 Å². The molecule has 0 aromatic carbocycles.